The lowest BCUT2D eigenvalue weighted by molar-refractivity contribution is 0.0960. The van der Waals surface area contributed by atoms with E-state index in [4.69, 9.17) is 8.83 Å². The van der Waals surface area contributed by atoms with Crippen molar-refractivity contribution in [3.05, 3.63) is 74.3 Å². The molecule has 27 heavy (non-hydrogen) atoms. The maximum absolute atomic E-state index is 13.1. The van der Waals surface area contributed by atoms with Crippen molar-refractivity contribution in [1.82, 2.24) is 0 Å². The monoisotopic (exact) mass is 360 g/mol. The van der Waals surface area contributed by atoms with Gasteiger partial charge in [0.05, 0.1) is 16.5 Å². The van der Waals surface area contributed by atoms with E-state index in [0.717, 1.165) is 5.56 Å². The molecule has 2 heterocycles. The largest absolute Gasteiger partial charge is 0.507 e. The van der Waals surface area contributed by atoms with E-state index in [1.807, 2.05) is 0 Å². The lowest BCUT2D eigenvalue weighted by atomic mass is 9.85. The van der Waals surface area contributed by atoms with Crippen LogP contribution < -0.4 is 5.63 Å². The van der Waals surface area contributed by atoms with Gasteiger partial charge in [-0.15, -0.1) is 0 Å². The van der Waals surface area contributed by atoms with Gasteiger partial charge in [-0.05, 0) is 43.2 Å². The van der Waals surface area contributed by atoms with E-state index in [-0.39, 0.29) is 39.2 Å². The summed E-state index contributed by atoms with van der Waals surface area (Å²) in [5, 5.41) is 10.7. The van der Waals surface area contributed by atoms with E-state index < -0.39 is 17.2 Å². The Labute approximate surface area is 151 Å². The number of phenolic OH excluding ortho intramolecular Hbond substituents is 1. The molecule has 0 saturated heterocycles. The van der Waals surface area contributed by atoms with Gasteiger partial charge in [0.25, 0.3) is 0 Å². The minimum atomic E-state index is -0.756. The molecule has 0 bridgehead atoms. The Hall–Kier alpha value is -3.67. The summed E-state index contributed by atoms with van der Waals surface area (Å²) in [7, 11) is 0. The fourth-order valence-corrected chi connectivity index (χ4v) is 3.73. The topological polar surface area (TPSA) is 97.7 Å². The van der Waals surface area contributed by atoms with Gasteiger partial charge in [0.1, 0.15) is 16.7 Å². The van der Waals surface area contributed by atoms with E-state index >= 15 is 0 Å². The second-order valence-corrected chi connectivity index (χ2v) is 6.72. The summed E-state index contributed by atoms with van der Waals surface area (Å²) in [4.78, 5) is 38.6. The molecule has 1 N–H and O–H groups in total. The first-order valence-corrected chi connectivity index (χ1v) is 8.30. The number of para-hydroxylation sites is 1. The normalized spacial score (nSPS) is 13.3. The predicted octanol–water partition coefficient (Wildman–Crippen LogP) is 3.64. The third-order valence-electron chi connectivity index (χ3n) is 4.93. The Bertz CT molecular complexity index is 1400. The first-order chi connectivity index (χ1) is 12.9. The molecule has 0 atom stereocenters. The molecule has 6 heteroatoms. The highest BCUT2D eigenvalue weighted by Gasteiger charge is 2.39. The summed E-state index contributed by atoms with van der Waals surface area (Å²) in [6.45, 7) is 3.49. The molecule has 132 valence electrons. The summed E-state index contributed by atoms with van der Waals surface area (Å²) >= 11 is 0. The summed E-state index contributed by atoms with van der Waals surface area (Å²) in [6, 6.07) is 8.18. The second-order valence-electron chi connectivity index (χ2n) is 6.72. The molecule has 0 fully saturated rings. The lowest BCUT2D eigenvalue weighted by Crippen LogP contribution is -2.21. The van der Waals surface area contributed by atoms with E-state index in [9.17, 15) is 19.5 Å². The summed E-state index contributed by atoms with van der Waals surface area (Å²) < 4.78 is 11.2. The van der Waals surface area contributed by atoms with Crippen molar-refractivity contribution in [2.75, 3.05) is 0 Å². The molecule has 6 nitrogen and oxygen atoms in total. The highest BCUT2D eigenvalue weighted by Crippen LogP contribution is 2.39. The van der Waals surface area contributed by atoms with Crippen LogP contribution in [-0.4, -0.2) is 16.7 Å². The molecule has 1 aliphatic carbocycles. The number of aryl methyl sites for hydroxylation is 2. The van der Waals surface area contributed by atoms with Crippen molar-refractivity contribution in [1.29, 1.82) is 0 Å². The van der Waals surface area contributed by atoms with Gasteiger partial charge in [-0.1, -0.05) is 12.1 Å². The Balaban J connectivity index is 1.97. The summed E-state index contributed by atoms with van der Waals surface area (Å²) in [6.07, 6.45) is 0. The summed E-state index contributed by atoms with van der Waals surface area (Å²) in [5.41, 5.74) is 0.880. The SMILES string of the molecule is Cc1cc(O)c2c(c1)C(=O)c1oc3c(c1C2=O)c(=O)oc1c(C)cccc13. The Kier molecular flexibility index (Phi) is 2.85. The smallest absolute Gasteiger partial charge is 0.348 e. The fourth-order valence-electron chi connectivity index (χ4n) is 3.73. The van der Waals surface area contributed by atoms with Gasteiger partial charge in [-0.2, -0.15) is 0 Å². The molecule has 0 amide bonds. The number of hydrogen-bond acceptors (Lipinski definition) is 6. The van der Waals surface area contributed by atoms with Gasteiger partial charge in [0, 0.05) is 5.56 Å². The van der Waals surface area contributed by atoms with Gasteiger partial charge in [-0.25, -0.2) is 4.79 Å². The van der Waals surface area contributed by atoms with E-state index in [1.54, 1.807) is 32.0 Å². The zero-order chi connectivity index (χ0) is 19.0. The Morgan fingerprint density at radius 1 is 0.889 bits per heavy atom. The second kappa shape index (κ2) is 4.94. The van der Waals surface area contributed by atoms with Crippen molar-refractivity contribution in [2.24, 2.45) is 0 Å². The van der Waals surface area contributed by atoms with Gasteiger partial charge < -0.3 is 13.9 Å². The van der Waals surface area contributed by atoms with Crippen molar-refractivity contribution in [3.63, 3.8) is 0 Å². The number of furan rings is 1. The van der Waals surface area contributed by atoms with Gasteiger partial charge in [-0.3, -0.25) is 9.59 Å². The average molecular weight is 360 g/mol. The average Bonchev–Trinajstić information content (AvgIpc) is 3.02. The van der Waals surface area contributed by atoms with Crippen molar-refractivity contribution in [2.45, 2.75) is 13.8 Å². The van der Waals surface area contributed by atoms with Crippen LogP contribution in [0.4, 0.5) is 0 Å². The first kappa shape index (κ1) is 15.6. The maximum atomic E-state index is 13.1. The number of carbonyl (C=O) groups excluding carboxylic acids is 2. The molecular weight excluding hydrogens is 348 g/mol. The van der Waals surface area contributed by atoms with Crippen LogP contribution in [0.1, 0.15) is 43.2 Å². The standard InChI is InChI=1S/C21H12O6/c1-8-6-11-13(12(22)7-8)17(24)14-15-19(26-20(14)16(11)23)10-5-3-4-9(2)18(10)27-21(15)25/h3-7,22H,1-2H3. The highest BCUT2D eigenvalue weighted by atomic mass is 16.4. The lowest BCUT2D eigenvalue weighted by Gasteiger charge is -2.15. The highest BCUT2D eigenvalue weighted by molar-refractivity contribution is 6.33. The van der Waals surface area contributed by atoms with Gasteiger partial charge in [0.15, 0.2) is 11.3 Å². The van der Waals surface area contributed by atoms with Crippen LogP contribution in [0, 0.1) is 13.8 Å². The molecule has 0 aliphatic heterocycles. The minimum absolute atomic E-state index is 0.0638. The quantitative estimate of drug-likeness (QED) is 0.424. The van der Waals surface area contributed by atoms with Crippen LogP contribution in [0.5, 0.6) is 5.75 Å². The number of aromatic hydroxyl groups is 1. The third-order valence-corrected chi connectivity index (χ3v) is 4.93. The van der Waals surface area contributed by atoms with Crippen LogP contribution >= 0.6 is 0 Å². The molecule has 0 saturated carbocycles. The molecule has 1 aliphatic rings. The number of benzene rings is 2. The first-order valence-electron chi connectivity index (χ1n) is 8.30. The molecule has 2 aromatic carbocycles. The van der Waals surface area contributed by atoms with E-state index in [0.29, 0.717) is 16.5 Å². The zero-order valence-corrected chi connectivity index (χ0v) is 14.4. The Morgan fingerprint density at radius 3 is 2.44 bits per heavy atom. The maximum Gasteiger partial charge on any atom is 0.348 e. The van der Waals surface area contributed by atoms with Crippen LogP contribution in [0.15, 0.2) is 44.0 Å². The number of fused-ring (bicyclic) bond motifs is 6. The van der Waals surface area contributed by atoms with Crippen LogP contribution in [0.2, 0.25) is 0 Å². The van der Waals surface area contributed by atoms with Crippen molar-refractivity contribution in [3.8, 4) is 5.75 Å². The molecule has 2 aromatic heterocycles. The molecule has 0 radical (unpaired) electrons. The number of ketones is 2. The third kappa shape index (κ3) is 1.87. The zero-order valence-electron chi connectivity index (χ0n) is 14.4. The van der Waals surface area contributed by atoms with E-state index in [2.05, 4.69) is 0 Å². The van der Waals surface area contributed by atoms with Crippen molar-refractivity contribution >= 4 is 33.5 Å². The van der Waals surface area contributed by atoms with Crippen LogP contribution in [-0.2, 0) is 0 Å². The molecule has 5 rings (SSSR count). The fraction of sp³-hybridized carbons (Fsp3) is 0.0952. The minimum Gasteiger partial charge on any atom is -0.507 e. The van der Waals surface area contributed by atoms with Gasteiger partial charge in [0.2, 0.25) is 11.6 Å². The van der Waals surface area contributed by atoms with E-state index in [1.165, 1.54) is 12.1 Å². The Morgan fingerprint density at radius 2 is 1.67 bits per heavy atom. The molecular formula is C21H12O6. The number of rotatable bonds is 0. The van der Waals surface area contributed by atoms with Crippen LogP contribution in [0.25, 0.3) is 21.9 Å². The molecule has 4 aromatic rings. The predicted molar refractivity (Wildman–Crippen MR) is 96.7 cm³/mol. The van der Waals surface area contributed by atoms with Crippen molar-refractivity contribution < 1.29 is 23.5 Å². The molecule has 0 spiro atoms. The number of phenols is 1. The van der Waals surface area contributed by atoms with Gasteiger partial charge >= 0.3 is 5.63 Å². The molecule has 0 unspecified atom stereocenters. The number of carbonyl (C=O) groups is 2. The summed E-state index contributed by atoms with van der Waals surface area (Å²) in [5.74, 6) is -1.68. The van der Waals surface area contributed by atoms with Crippen LogP contribution in [0.3, 0.4) is 0 Å². The number of hydrogen-bond donors (Lipinski definition) is 1.